The monoisotopic (exact) mass is 461 g/mol. The molecule has 166 valence electrons. The first-order chi connectivity index (χ1) is 14.6. The van der Waals surface area contributed by atoms with Crippen LogP contribution in [0.4, 0.5) is 5.00 Å². The Hall–Kier alpha value is -2.17. The van der Waals surface area contributed by atoms with Gasteiger partial charge in [-0.3, -0.25) is 13.9 Å². The normalized spacial score (nSPS) is 23.2. The molecule has 2 heterocycles. The van der Waals surface area contributed by atoms with Crippen LogP contribution in [-0.4, -0.2) is 25.8 Å². The number of fused-ring (bicyclic) bond motifs is 2. The molecule has 2 aromatic rings. The van der Waals surface area contributed by atoms with Gasteiger partial charge in [-0.1, -0.05) is 48.9 Å². The van der Waals surface area contributed by atoms with Crippen molar-refractivity contribution in [1.82, 2.24) is 0 Å². The number of nitrogens with zero attached hydrogens (tertiary/aromatic N) is 1. The average molecular weight is 462 g/mol. The van der Waals surface area contributed by atoms with Crippen LogP contribution < -0.4 is 11.1 Å². The van der Waals surface area contributed by atoms with Gasteiger partial charge < -0.3 is 16.2 Å². The summed E-state index contributed by atoms with van der Waals surface area (Å²) in [7, 11) is -3.57. The van der Waals surface area contributed by atoms with Crippen LogP contribution in [-0.2, 0) is 16.8 Å². The molecule has 1 aliphatic carbocycles. The maximum absolute atomic E-state index is 13.8. The number of anilines is 1. The van der Waals surface area contributed by atoms with Crippen molar-refractivity contribution in [3.05, 3.63) is 51.9 Å². The summed E-state index contributed by atoms with van der Waals surface area (Å²) in [6.45, 7) is 6.23. The summed E-state index contributed by atoms with van der Waals surface area (Å²) in [6.07, 6.45) is 1.43. The molecule has 1 aromatic heterocycles. The molecule has 1 atom stereocenters. The Kier molecular flexibility index (Phi) is 5.51. The van der Waals surface area contributed by atoms with Crippen molar-refractivity contribution < 1.29 is 19.0 Å². The van der Waals surface area contributed by atoms with Crippen molar-refractivity contribution in [3.63, 3.8) is 0 Å². The van der Waals surface area contributed by atoms with Crippen LogP contribution in [0.2, 0.25) is 0 Å². The number of rotatable bonds is 5. The summed E-state index contributed by atoms with van der Waals surface area (Å²) in [6, 6.07) is 7.31. The molecule has 0 unspecified atom stereocenters. The number of carbonyl (C=O) groups is 1. The summed E-state index contributed by atoms with van der Waals surface area (Å²) >= 11 is 1.26. The second-order valence-corrected chi connectivity index (χ2v) is 11.1. The quantitative estimate of drug-likeness (QED) is 0.411. The first kappa shape index (κ1) is 22.0. The fourth-order valence-corrected chi connectivity index (χ4v) is 6.88. The van der Waals surface area contributed by atoms with Gasteiger partial charge in [0.2, 0.25) is 0 Å². The molecular weight excluding hydrogens is 434 g/mol. The summed E-state index contributed by atoms with van der Waals surface area (Å²) in [5.74, 6) is -0.112. The molecule has 0 amide bonds. The number of nitrogens with two attached hydrogens (primary N) is 1. The van der Waals surface area contributed by atoms with Gasteiger partial charge >= 0.3 is 0 Å². The fraction of sp³-hybridized carbons (Fsp3) is 0.364. The van der Waals surface area contributed by atoms with Crippen LogP contribution in [0, 0.1) is 5.92 Å². The standard InChI is InChI=1S/C22H27N3O4S2/c1-12(2)8-9-22(3)15-7-5-4-6-14(15)17(26)16(19(22)27)20-24-21-18(31(28,29)25-20)13(10-23)11-30-21/h4-7,11-12,26,28-29H,8-10,23H2,1-3H3,(H,24,25)/t22-/m1/s1. The number of hydrogen-bond donors (Lipinski definition) is 5. The van der Waals surface area contributed by atoms with E-state index in [1.165, 1.54) is 11.3 Å². The third kappa shape index (κ3) is 3.50. The number of ketones is 1. The van der Waals surface area contributed by atoms with E-state index in [0.29, 0.717) is 28.5 Å². The second-order valence-electron chi connectivity index (χ2n) is 8.57. The highest BCUT2D eigenvalue weighted by atomic mass is 32.3. The maximum Gasteiger partial charge on any atom is 0.180 e. The van der Waals surface area contributed by atoms with Gasteiger partial charge in [0.25, 0.3) is 0 Å². The van der Waals surface area contributed by atoms with Crippen LogP contribution in [0.1, 0.15) is 50.3 Å². The van der Waals surface area contributed by atoms with E-state index in [0.717, 1.165) is 12.0 Å². The van der Waals surface area contributed by atoms with Crippen molar-refractivity contribution in [2.45, 2.75) is 50.5 Å². The van der Waals surface area contributed by atoms with E-state index < -0.39 is 16.2 Å². The van der Waals surface area contributed by atoms with Crippen molar-refractivity contribution >= 4 is 44.5 Å². The number of hydrogen-bond acceptors (Lipinski definition) is 8. The molecule has 7 nitrogen and oxygen atoms in total. The molecule has 0 radical (unpaired) electrons. The molecule has 0 spiro atoms. The lowest BCUT2D eigenvalue weighted by atomic mass is 9.66. The highest BCUT2D eigenvalue weighted by molar-refractivity contribution is 8.23. The number of aliphatic hydroxyl groups is 1. The Bertz CT molecular complexity index is 1120. The molecule has 31 heavy (non-hydrogen) atoms. The van der Waals surface area contributed by atoms with Crippen molar-refractivity contribution in [2.75, 3.05) is 5.32 Å². The minimum absolute atomic E-state index is 0.0155. The van der Waals surface area contributed by atoms with Crippen LogP contribution in [0.3, 0.4) is 0 Å². The number of benzene rings is 1. The lowest BCUT2D eigenvalue weighted by Gasteiger charge is -2.38. The van der Waals surface area contributed by atoms with Gasteiger partial charge in [-0.25, -0.2) is 0 Å². The predicted octanol–water partition coefficient (Wildman–Crippen LogP) is 5.30. The lowest BCUT2D eigenvalue weighted by Crippen LogP contribution is -2.42. The van der Waals surface area contributed by atoms with Crippen LogP contribution in [0.15, 0.2) is 44.5 Å². The zero-order valence-corrected chi connectivity index (χ0v) is 19.3. The van der Waals surface area contributed by atoms with E-state index in [2.05, 4.69) is 23.6 Å². The largest absolute Gasteiger partial charge is 0.506 e. The zero-order valence-electron chi connectivity index (χ0n) is 17.7. The molecule has 2 aliphatic rings. The van der Waals surface area contributed by atoms with Gasteiger partial charge in [-0.2, -0.15) is 0 Å². The fourth-order valence-electron chi connectivity index (χ4n) is 4.18. The SMILES string of the molecule is CC(C)CC[C@@]1(C)C(=O)C(C2=NS(O)(O)c3c(CN)csc3N2)=C(O)c2ccccc21. The van der Waals surface area contributed by atoms with Gasteiger partial charge in [0, 0.05) is 17.7 Å². The number of aliphatic hydroxyl groups excluding tert-OH is 1. The topological polar surface area (TPSA) is 128 Å². The Morgan fingerprint density at radius 1 is 1.29 bits per heavy atom. The molecule has 1 aromatic carbocycles. The molecule has 9 heteroatoms. The highest BCUT2D eigenvalue weighted by Crippen LogP contribution is 2.59. The smallest absolute Gasteiger partial charge is 0.180 e. The number of carbonyl (C=O) groups excluding carboxylic acids is 1. The molecule has 0 saturated carbocycles. The van der Waals surface area contributed by atoms with Crippen LogP contribution in [0.25, 0.3) is 5.76 Å². The number of amidine groups is 1. The maximum atomic E-state index is 13.8. The molecule has 6 N–H and O–H groups in total. The average Bonchev–Trinajstić information content (AvgIpc) is 3.15. The number of nitrogens with one attached hydrogen (secondary N) is 1. The van der Waals surface area contributed by atoms with Gasteiger partial charge in [-0.15, -0.1) is 15.7 Å². The molecule has 1 aliphatic heterocycles. The van der Waals surface area contributed by atoms with E-state index in [1.807, 2.05) is 19.1 Å². The summed E-state index contributed by atoms with van der Waals surface area (Å²) < 4.78 is 25.6. The third-order valence-electron chi connectivity index (χ3n) is 5.96. The predicted molar refractivity (Wildman–Crippen MR) is 127 cm³/mol. The second kappa shape index (κ2) is 7.75. The van der Waals surface area contributed by atoms with Crippen molar-refractivity contribution in [2.24, 2.45) is 16.0 Å². The minimum atomic E-state index is -3.57. The molecule has 0 fully saturated rings. The number of Topliss-reactive ketones (excluding diaryl/α,β-unsaturated/α-hetero) is 1. The molecule has 0 saturated heterocycles. The van der Waals surface area contributed by atoms with Crippen LogP contribution >= 0.6 is 22.1 Å². The summed E-state index contributed by atoms with van der Waals surface area (Å²) in [5, 5.41) is 16.3. The Morgan fingerprint density at radius 2 is 2.00 bits per heavy atom. The Labute approximate surface area is 187 Å². The van der Waals surface area contributed by atoms with E-state index in [-0.39, 0.29) is 34.4 Å². The third-order valence-corrected chi connectivity index (χ3v) is 8.49. The molecule has 4 rings (SSSR count). The Morgan fingerprint density at radius 3 is 2.68 bits per heavy atom. The van der Waals surface area contributed by atoms with E-state index in [4.69, 9.17) is 5.73 Å². The first-order valence-corrected chi connectivity index (χ1v) is 12.5. The van der Waals surface area contributed by atoms with Gasteiger partial charge in [0.05, 0.1) is 5.41 Å². The zero-order chi connectivity index (χ0) is 22.6. The molecular formula is C22H27N3O4S2. The van der Waals surface area contributed by atoms with Crippen LogP contribution in [0.5, 0.6) is 0 Å². The Balaban J connectivity index is 1.87. The van der Waals surface area contributed by atoms with E-state index in [9.17, 15) is 19.0 Å². The van der Waals surface area contributed by atoms with Crippen molar-refractivity contribution in [3.8, 4) is 0 Å². The number of thiophene rings is 1. The van der Waals surface area contributed by atoms with Crippen molar-refractivity contribution in [1.29, 1.82) is 0 Å². The van der Waals surface area contributed by atoms with Gasteiger partial charge in [-0.05, 0) is 36.6 Å². The van der Waals surface area contributed by atoms with Gasteiger partial charge in [0.1, 0.15) is 21.2 Å². The van der Waals surface area contributed by atoms with E-state index in [1.54, 1.807) is 17.5 Å². The molecule has 0 bridgehead atoms. The van der Waals surface area contributed by atoms with E-state index >= 15 is 0 Å². The lowest BCUT2D eigenvalue weighted by molar-refractivity contribution is -0.120. The highest BCUT2D eigenvalue weighted by Gasteiger charge is 2.46. The summed E-state index contributed by atoms with van der Waals surface area (Å²) in [4.78, 5) is 14.1. The first-order valence-electron chi connectivity index (χ1n) is 10.1. The van der Waals surface area contributed by atoms with Gasteiger partial charge in [0.15, 0.2) is 11.6 Å². The minimum Gasteiger partial charge on any atom is -0.506 e. The summed E-state index contributed by atoms with van der Waals surface area (Å²) in [5.41, 5.74) is 6.77.